The maximum absolute atomic E-state index is 9.91. The van der Waals surface area contributed by atoms with Gasteiger partial charge in [-0.25, -0.2) is 0 Å². The van der Waals surface area contributed by atoms with Gasteiger partial charge in [0.1, 0.15) is 0 Å². The zero-order valence-electron chi connectivity index (χ0n) is 9.59. The molecule has 0 aromatic heterocycles. The summed E-state index contributed by atoms with van der Waals surface area (Å²) in [6.07, 6.45) is 3.05. The molecule has 0 atom stereocenters. The third kappa shape index (κ3) is 2.84. The highest BCUT2D eigenvalue weighted by Crippen LogP contribution is 2.30. The van der Waals surface area contributed by atoms with Crippen LogP contribution in [0.2, 0.25) is 0 Å². The van der Waals surface area contributed by atoms with E-state index in [1.807, 2.05) is 0 Å². The first-order chi connectivity index (χ1) is 7.59. The monoisotopic (exact) mass is 283 g/mol. The molecule has 0 unspecified atom stereocenters. The number of aliphatic hydroxyl groups is 1. The van der Waals surface area contributed by atoms with Crippen molar-refractivity contribution in [2.45, 2.75) is 38.3 Å². The van der Waals surface area contributed by atoms with Crippen LogP contribution in [-0.2, 0) is 6.54 Å². The first-order valence-corrected chi connectivity index (χ1v) is 6.56. The molecule has 1 aliphatic carbocycles. The van der Waals surface area contributed by atoms with E-state index in [0.717, 1.165) is 30.3 Å². The lowest BCUT2D eigenvalue weighted by Crippen LogP contribution is -2.45. The number of hydrogen-bond donors (Lipinski definition) is 2. The zero-order chi connectivity index (χ0) is 11.6. The van der Waals surface area contributed by atoms with Gasteiger partial charge in [0.05, 0.1) is 5.60 Å². The highest BCUT2D eigenvalue weighted by atomic mass is 79.9. The Kier molecular flexibility index (Phi) is 3.67. The largest absolute Gasteiger partial charge is 0.389 e. The summed E-state index contributed by atoms with van der Waals surface area (Å²) < 4.78 is 1.15. The van der Waals surface area contributed by atoms with Crippen LogP contribution in [0.5, 0.6) is 0 Å². The molecule has 88 valence electrons. The Balaban J connectivity index is 1.83. The van der Waals surface area contributed by atoms with E-state index in [2.05, 4.69) is 46.4 Å². The van der Waals surface area contributed by atoms with Gasteiger partial charge >= 0.3 is 0 Å². The summed E-state index contributed by atoms with van der Waals surface area (Å²) in [7, 11) is 0. The quantitative estimate of drug-likeness (QED) is 0.891. The molecular weight excluding hydrogens is 266 g/mol. The molecule has 1 aromatic carbocycles. The maximum Gasteiger partial charge on any atom is 0.0771 e. The molecule has 2 N–H and O–H groups in total. The minimum absolute atomic E-state index is 0.429. The van der Waals surface area contributed by atoms with Crippen molar-refractivity contribution in [3.05, 3.63) is 33.8 Å². The normalized spacial score (nSPS) is 18.2. The number of halogens is 1. The number of rotatable bonds is 4. The third-order valence-electron chi connectivity index (χ3n) is 3.30. The fourth-order valence-electron chi connectivity index (χ4n) is 1.95. The molecule has 0 bridgehead atoms. The van der Waals surface area contributed by atoms with Gasteiger partial charge in [0.25, 0.3) is 0 Å². The van der Waals surface area contributed by atoms with Crippen molar-refractivity contribution in [2.75, 3.05) is 6.54 Å². The van der Waals surface area contributed by atoms with Crippen LogP contribution in [0.25, 0.3) is 0 Å². The average Bonchev–Trinajstić information content (AvgIpc) is 2.21. The number of benzene rings is 1. The smallest absolute Gasteiger partial charge is 0.0771 e. The summed E-state index contributed by atoms with van der Waals surface area (Å²) in [4.78, 5) is 0. The standard InChI is InChI=1S/C13H18BrNO/c1-10-3-4-11(7-12(10)14)8-15-9-13(16)5-2-6-13/h3-4,7,15-16H,2,5-6,8-9H2,1H3. The molecule has 0 saturated heterocycles. The summed E-state index contributed by atoms with van der Waals surface area (Å²) in [6, 6.07) is 6.37. The summed E-state index contributed by atoms with van der Waals surface area (Å²) >= 11 is 3.53. The molecule has 0 aliphatic heterocycles. The van der Waals surface area contributed by atoms with Crippen molar-refractivity contribution in [3.63, 3.8) is 0 Å². The second-order valence-corrected chi connectivity index (χ2v) is 5.62. The number of aryl methyl sites for hydroxylation is 1. The van der Waals surface area contributed by atoms with Crippen molar-refractivity contribution in [3.8, 4) is 0 Å². The highest BCUT2D eigenvalue weighted by Gasteiger charge is 2.33. The Labute approximate surface area is 105 Å². The van der Waals surface area contributed by atoms with Crippen molar-refractivity contribution >= 4 is 15.9 Å². The van der Waals surface area contributed by atoms with Gasteiger partial charge in [-0.2, -0.15) is 0 Å². The summed E-state index contributed by atoms with van der Waals surface area (Å²) in [5, 5.41) is 13.2. The lowest BCUT2D eigenvalue weighted by Gasteiger charge is -2.36. The van der Waals surface area contributed by atoms with E-state index in [0.29, 0.717) is 6.54 Å². The maximum atomic E-state index is 9.91. The van der Waals surface area contributed by atoms with E-state index in [4.69, 9.17) is 0 Å². The SMILES string of the molecule is Cc1ccc(CNCC2(O)CCC2)cc1Br. The van der Waals surface area contributed by atoms with Crippen molar-refractivity contribution < 1.29 is 5.11 Å². The van der Waals surface area contributed by atoms with Crippen LogP contribution in [0.4, 0.5) is 0 Å². The first kappa shape index (κ1) is 12.1. The minimum atomic E-state index is -0.429. The van der Waals surface area contributed by atoms with E-state index in [9.17, 15) is 5.11 Å². The van der Waals surface area contributed by atoms with Gasteiger partial charge in [0.2, 0.25) is 0 Å². The fourth-order valence-corrected chi connectivity index (χ4v) is 2.37. The molecule has 16 heavy (non-hydrogen) atoms. The van der Waals surface area contributed by atoms with E-state index < -0.39 is 5.60 Å². The highest BCUT2D eigenvalue weighted by molar-refractivity contribution is 9.10. The summed E-state index contributed by atoms with van der Waals surface area (Å²) in [5.41, 5.74) is 2.07. The van der Waals surface area contributed by atoms with Crippen molar-refractivity contribution in [2.24, 2.45) is 0 Å². The van der Waals surface area contributed by atoms with Crippen LogP contribution in [-0.4, -0.2) is 17.3 Å². The summed E-state index contributed by atoms with van der Waals surface area (Å²) in [5.74, 6) is 0. The molecule has 1 fully saturated rings. The molecule has 1 aliphatic rings. The molecule has 0 amide bonds. The van der Waals surface area contributed by atoms with E-state index in [1.165, 1.54) is 11.1 Å². The van der Waals surface area contributed by atoms with Crippen molar-refractivity contribution in [1.29, 1.82) is 0 Å². The zero-order valence-corrected chi connectivity index (χ0v) is 11.2. The van der Waals surface area contributed by atoms with Crippen LogP contribution in [0.1, 0.15) is 30.4 Å². The second-order valence-electron chi connectivity index (χ2n) is 4.76. The average molecular weight is 284 g/mol. The van der Waals surface area contributed by atoms with Gasteiger partial charge in [-0.05, 0) is 43.4 Å². The van der Waals surface area contributed by atoms with Crippen LogP contribution in [0, 0.1) is 6.92 Å². The number of nitrogens with one attached hydrogen (secondary N) is 1. The van der Waals surface area contributed by atoms with Gasteiger partial charge in [-0.15, -0.1) is 0 Å². The molecule has 0 radical (unpaired) electrons. The molecule has 2 rings (SSSR count). The van der Waals surface area contributed by atoms with Crippen LogP contribution < -0.4 is 5.32 Å². The van der Waals surface area contributed by atoms with Crippen LogP contribution in [0.15, 0.2) is 22.7 Å². The molecular formula is C13H18BrNO. The first-order valence-electron chi connectivity index (χ1n) is 5.77. The van der Waals surface area contributed by atoms with Gasteiger partial charge in [-0.3, -0.25) is 0 Å². The molecule has 0 heterocycles. The topological polar surface area (TPSA) is 32.3 Å². The van der Waals surface area contributed by atoms with Gasteiger partial charge in [0.15, 0.2) is 0 Å². The van der Waals surface area contributed by atoms with Crippen molar-refractivity contribution in [1.82, 2.24) is 5.32 Å². The van der Waals surface area contributed by atoms with Gasteiger partial charge < -0.3 is 10.4 Å². The fraction of sp³-hybridized carbons (Fsp3) is 0.538. The predicted molar refractivity (Wildman–Crippen MR) is 69.4 cm³/mol. The lowest BCUT2D eigenvalue weighted by atomic mass is 9.80. The molecule has 1 saturated carbocycles. The van der Waals surface area contributed by atoms with E-state index >= 15 is 0 Å². The van der Waals surface area contributed by atoms with E-state index in [1.54, 1.807) is 0 Å². The lowest BCUT2D eigenvalue weighted by molar-refractivity contribution is -0.0314. The molecule has 2 nitrogen and oxygen atoms in total. The molecule has 3 heteroatoms. The third-order valence-corrected chi connectivity index (χ3v) is 4.16. The Hall–Kier alpha value is -0.380. The van der Waals surface area contributed by atoms with E-state index in [-0.39, 0.29) is 0 Å². The Morgan fingerprint density at radius 2 is 2.19 bits per heavy atom. The second kappa shape index (κ2) is 4.86. The van der Waals surface area contributed by atoms with Gasteiger partial charge in [-0.1, -0.05) is 28.1 Å². The predicted octanol–water partition coefficient (Wildman–Crippen LogP) is 2.76. The van der Waals surface area contributed by atoms with Gasteiger partial charge in [0, 0.05) is 17.6 Å². The Bertz CT molecular complexity index is 374. The summed E-state index contributed by atoms with van der Waals surface area (Å²) in [6.45, 7) is 3.61. The van der Waals surface area contributed by atoms with Crippen LogP contribution >= 0.6 is 15.9 Å². The Morgan fingerprint density at radius 1 is 1.44 bits per heavy atom. The van der Waals surface area contributed by atoms with Crippen LogP contribution in [0.3, 0.4) is 0 Å². The molecule has 0 spiro atoms. The number of hydrogen-bond acceptors (Lipinski definition) is 2. The minimum Gasteiger partial charge on any atom is -0.389 e. The Morgan fingerprint density at radius 3 is 2.75 bits per heavy atom. The molecule has 1 aromatic rings.